The number of pyridine rings is 1. The summed E-state index contributed by atoms with van der Waals surface area (Å²) in [6.07, 6.45) is 2.06. The average Bonchev–Trinajstić information content (AvgIpc) is 3.85. The van der Waals surface area contributed by atoms with Crippen LogP contribution in [-0.4, -0.2) is 56.5 Å². The Hall–Kier alpha value is -4.23. The van der Waals surface area contributed by atoms with Crippen LogP contribution in [0.1, 0.15) is 56.4 Å². The largest absolute Gasteiger partial charge is 0.619 e. The molecule has 1 aliphatic rings. The van der Waals surface area contributed by atoms with Crippen LogP contribution in [0.15, 0.2) is 48.8 Å². The number of halogens is 4. The van der Waals surface area contributed by atoms with Gasteiger partial charge in [-0.3, -0.25) is 9.69 Å². The molecule has 0 radical (unpaired) electrons. The fourth-order valence-corrected chi connectivity index (χ4v) is 5.32. The van der Waals surface area contributed by atoms with Crippen molar-refractivity contribution in [1.82, 2.24) is 4.90 Å². The van der Waals surface area contributed by atoms with Gasteiger partial charge in [-0.15, -0.1) is 0 Å². The number of methoxy groups -OCH3 is 2. The zero-order valence-corrected chi connectivity index (χ0v) is 29.2. The van der Waals surface area contributed by atoms with Crippen molar-refractivity contribution >= 4 is 35.3 Å². The van der Waals surface area contributed by atoms with E-state index >= 15 is 0 Å². The quantitative estimate of drug-likeness (QED) is 0.0903. The van der Waals surface area contributed by atoms with Gasteiger partial charge in [0.2, 0.25) is 0 Å². The van der Waals surface area contributed by atoms with Gasteiger partial charge in [0.15, 0.2) is 35.4 Å². The number of hydrogen-bond acceptors (Lipinski definition) is 9. The second-order valence-electron chi connectivity index (χ2n) is 12.3. The molecule has 1 atom stereocenters. The van der Waals surface area contributed by atoms with E-state index in [9.17, 15) is 23.6 Å². The minimum Gasteiger partial charge on any atom is -0.619 e. The molecule has 1 fully saturated rings. The summed E-state index contributed by atoms with van der Waals surface area (Å²) in [5.74, 6) is 0.176. The molecule has 1 unspecified atom stereocenters. The Bertz CT molecular complexity index is 1610. The van der Waals surface area contributed by atoms with E-state index < -0.39 is 36.9 Å². The number of aromatic nitrogens is 1. The third kappa shape index (κ3) is 11.1. The summed E-state index contributed by atoms with van der Waals surface area (Å²) in [6.45, 7) is 1.65. The first-order valence-corrected chi connectivity index (χ1v) is 16.1. The number of alkyl halides is 2. The first-order valence-electron chi connectivity index (χ1n) is 15.3. The lowest BCUT2D eigenvalue weighted by Crippen LogP contribution is -2.40. The molecular weight excluding hydrogens is 689 g/mol. The van der Waals surface area contributed by atoms with Crippen molar-refractivity contribution in [3.8, 4) is 23.0 Å². The van der Waals surface area contributed by atoms with Crippen LogP contribution in [0, 0.1) is 11.1 Å². The molecular formula is C34H38Cl2F2N2O9. The predicted molar refractivity (Wildman–Crippen MR) is 175 cm³/mol. The Morgan fingerprint density at radius 3 is 2.22 bits per heavy atom. The smallest absolute Gasteiger partial charge is 0.411 e. The van der Waals surface area contributed by atoms with Crippen molar-refractivity contribution in [2.75, 3.05) is 27.4 Å². The van der Waals surface area contributed by atoms with Crippen molar-refractivity contribution < 1.29 is 51.5 Å². The lowest BCUT2D eigenvalue weighted by atomic mass is 10.0. The maximum atomic E-state index is 13.7. The predicted octanol–water partition coefficient (Wildman–Crippen LogP) is 7.30. The Kier molecular flexibility index (Phi) is 12.6. The number of esters is 1. The van der Waals surface area contributed by atoms with Gasteiger partial charge in [0, 0.05) is 18.5 Å². The van der Waals surface area contributed by atoms with Gasteiger partial charge in [0.1, 0.15) is 28.3 Å². The molecule has 1 saturated carbocycles. The van der Waals surface area contributed by atoms with Crippen LogP contribution in [0.3, 0.4) is 0 Å². The summed E-state index contributed by atoms with van der Waals surface area (Å²) < 4.78 is 59.6. The standard InChI is InChI=1S/C34H38Cl2F2N2O9/c1-34(2,3)49-33(42)39(15-21-8-10-26(44-4)29(12-21)45-5)18-31(41)47-28(14-23-24(35)16-40(43)17-25(23)36)22-9-11-27(48-32(37)38)30(13-22)46-19-20-6-7-20/h8-13,16-17,20,28,32H,6-7,14-15,18-19H2,1-5H3. The lowest BCUT2D eigenvalue weighted by molar-refractivity contribution is -0.605. The minimum atomic E-state index is -3.10. The van der Waals surface area contributed by atoms with Crippen LogP contribution in [0.25, 0.3) is 0 Å². The molecule has 4 rings (SSSR count). The molecule has 1 amide bonds. The van der Waals surface area contributed by atoms with E-state index in [1.54, 1.807) is 39.0 Å². The van der Waals surface area contributed by atoms with Crippen molar-refractivity contribution in [3.05, 3.63) is 80.7 Å². The maximum absolute atomic E-state index is 13.7. The second kappa shape index (κ2) is 16.4. The van der Waals surface area contributed by atoms with Crippen LogP contribution in [0.2, 0.25) is 10.0 Å². The molecule has 3 aromatic rings. The highest BCUT2D eigenvalue weighted by Crippen LogP contribution is 2.38. The topological polar surface area (TPSA) is 120 Å². The van der Waals surface area contributed by atoms with Gasteiger partial charge in [-0.2, -0.15) is 13.5 Å². The second-order valence-corrected chi connectivity index (χ2v) is 13.2. The number of ether oxygens (including phenoxy) is 6. The maximum Gasteiger partial charge on any atom is 0.411 e. The number of rotatable bonds is 15. The van der Waals surface area contributed by atoms with Gasteiger partial charge < -0.3 is 33.6 Å². The first-order chi connectivity index (χ1) is 23.1. The SMILES string of the molecule is COc1ccc(CN(CC(=O)OC(Cc2c(Cl)c[n+]([O-])cc2Cl)c2ccc(OC(F)F)c(OCC3CC3)c2)C(=O)OC(C)(C)C)cc1OC. The fourth-order valence-electron chi connectivity index (χ4n) is 4.72. The lowest BCUT2D eigenvalue weighted by Gasteiger charge is -2.28. The van der Waals surface area contributed by atoms with Crippen LogP contribution < -0.4 is 23.7 Å². The monoisotopic (exact) mass is 726 g/mol. The van der Waals surface area contributed by atoms with Gasteiger partial charge in [-0.05, 0) is 74.9 Å². The summed E-state index contributed by atoms with van der Waals surface area (Å²) in [4.78, 5) is 28.2. The van der Waals surface area contributed by atoms with E-state index in [-0.39, 0.29) is 46.7 Å². The van der Waals surface area contributed by atoms with Gasteiger partial charge >= 0.3 is 18.7 Å². The summed E-state index contributed by atoms with van der Waals surface area (Å²) in [7, 11) is 2.97. The van der Waals surface area contributed by atoms with E-state index in [1.165, 1.54) is 37.3 Å². The highest BCUT2D eigenvalue weighted by Gasteiger charge is 2.29. The molecule has 0 bridgehead atoms. The van der Waals surface area contributed by atoms with Crippen molar-refractivity contribution in [2.24, 2.45) is 5.92 Å². The molecule has 1 heterocycles. The van der Waals surface area contributed by atoms with Gasteiger partial charge in [-0.25, -0.2) is 4.79 Å². The molecule has 0 aliphatic heterocycles. The first kappa shape index (κ1) is 37.6. The zero-order chi connectivity index (χ0) is 35.9. The van der Waals surface area contributed by atoms with Crippen molar-refractivity contribution in [2.45, 2.75) is 64.9 Å². The van der Waals surface area contributed by atoms with Crippen LogP contribution in [0.5, 0.6) is 23.0 Å². The number of carbonyl (C=O) groups is 2. The Morgan fingerprint density at radius 1 is 0.980 bits per heavy atom. The number of amides is 1. The van der Waals surface area contributed by atoms with E-state index in [0.29, 0.717) is 33.3 Å². The van der Waals surface area contributed by atoms with E-state index in [1.807, 2.05) is 0 Å². The number of carbonyl (C=O) groups excluding carboxylic acids is 2. The molecule has 0 N–H and O–H groups in total. The molecule has 1 aromatic heterocycles. The van der Waals surface area contributed by atoms with Crippen molar-refractivity contribution in [3.63, 3.8) is 0 Å². The number of nitrogens with zero attached hydrogens (tertiary/aromatic N) is 2. The summed E-state index contributed by atoms with van der Waals surface area (Å²) in [5, 5.41) is 11.9. The Morgan fingerprint density at radius 2 is 1.63 bits per heavy atom. The van der Waals surface area contributed by atoms with E-state index in [2.05, 4.69) is 4.74 Å². The molecule has 0 spiro atoms. The highest BCUT2D eigenvalue weighted by atomic mass is 35.5. The third-order valence-electron chi connectivity index (χ3n) is 7.24. The molecule has 266 valence electrons. The Balaban J connectivity index is 1.66. The molecule has 2 aromatic carbocycles. The molecule has 1 aliphatic carbocycles. The summed E-state index contributed by atoms with van der Waals surface area (Å²) >= 11 is 12.7. The van der Waals surface area contributed by atoms with Crippen LogP contribution in [0.4, 0.5) is 13.6 Å². The number of benzene rings is 2. The van der Waals surface area contributed by atoms with Crippen molar-refractivity contribution in [1.29, 1.82) is 0 Å². The average molecular weight is 728 g/mol. The van der Waals surface area contributed by atoms with Crippen LogP contribution >= 0.6 is 23.2 Å². The van der Waals surface area contributed by atoms with E-state index in [4.69, 9.17) is 46.9 Å². The van der Waals surface area contributed by atoms with Gasteiger partial charge in [0.25, 0.3) is 0 Å². The van der Waals surface area contributed by atoms with E-state index in [0.717, 1.165) is 25.2 Å². The van der Waals surface area contributed by atoms with Crippen LogP contribution in [-0.2, 0) is 27.2 Å². The molecule has 15 heteroatoms. The highest BCUT2D eigenvalue weighted by molar-refractivity contribution is 6.35. The minimum absolute atomic E-state index is 0.00949. The summed E-state index contributed by atoms with van der Waals surface area (Å²) in [6, 6.07) is 9.20. The summed E-state index contributed by atoms with van der Waals surface area (Å²) in [5.41, 5.74) is 0.345. The van der Waals surface area contributed by atoms with Gasteiger partial charge in [0.05, 0.1) is 20.8 Å². The normalized spacial score (nSPS) is 13.4. The van der Waals surface area contributed by atoms with Gasteiger partial charge in [-0.1, -0.05) is 35.3 Å². The zero-order valence-electron chi connectivity index (χ0n) is 27.7. The molecule has 11 nitrogen and oxygen atoms in total. The third-order valence-corrected chi connectivity index (χ3v) is 7.89. The fraction of sp³-hybridized carbons (Fsp3) is 0.441. The number of hydrogen-bond donors (Lipinski definition) is 0. The molecule has 49 heavy (non-hydrogen) atoms. The Labute approximate surface area is 293 Å². The molecule has 0 saturated heterocycles.